The number of fused-ring (bicyclic) bond motifs is 1. The molecule has 2 aliphatic heterocycles. The van der Waals surface area contributed by atoms with E-state index >= 15 is 0 Å². The van der Waals surface area contributed by atoms with Crippen LogP contribution in [-0.2, 0) is 16.0 Å². The fourth-order valence-electron chi connectivity index (χ4n) is 4.84. The number of thiophene rings is 1. The Kier molecular flexibility index (Phi) is 7.19. The molecule has 0 radical (unpaired) electrons. The van der Waals surface area contributed by atoms with E-state index in [1.54, 1.807) is 23.5 Å². The highest BCUT2D eigenvalue weighted by molar-refractivity contribution is 7.10. The zero-order chi connectivity index (χ0) is 23.6. The average molecular weight is 472 g/mol. The largest absolute Gasteiger partial charge is 0.339 e. The third kappa shape index (κ3) is 5.82. The summed E-state index contributed by atoms with van der Waals surface area (Å²) in [5.74, 6) is 0.0733. The molecule has 2 aliphatic rings. The number of hydrogen-bond donors (Lipinski definition) is 0. The molecular formula is C26H34FN3O2S. The van der Waals surface area contributed by atoms with Crippen LogP contribution in [0.25, 0.3) is 0 Å². The summed E-state index contributed by atoms with van der Waals surface area (Å²) in [5.41, 5.74) is 2.14. The molecule has 2 amide bonds. The zero-order valence-electron chi connectivity index (χ0n) is 19.8. The predicted octanol–water partition coefficient (Wildman–Crippen LogP) is 4.33. The standard InChI is InChI=1S/C26H34FN3O2S/c1-26(2,3)18-24(32)29-14-12-28(13-15-29)23(31)8-11-30-10-7-22-21(9-16-33-22)25(30)19-5-4-6-20(27)17-19/h4-6,9,16-17,25H,7-8,10-15,18H2,1-3H3. The second-order valence-corrected chi connectivity index (χ2v) is 11.3. The lowest BCUT2D eigenvalue weighted by atomic mass is 9.91. The van der Waals surface area contributed by atoms with E-state index < -0.39 is 0 Å². The van der Waals surface area contributed by atoms with Crippen LogP contribution in [0.2, 0.25) is 0 Å². The Hall–Kier alpha value is -2.25. The van der Waals surface area contributed by atoms with Crippen LogP contribution in [-0.4, -0.2) is 65.8 Å². The summed E-state index contributed by atoms with van der Waals surface area (Å²) < 4.78 is 14.0. The Bertz CT molecular complexity index is 991. The third-order valence-corrected chi connectivity index (χ3v) is 7.51. The van der Waals surface area contributed by atoms with Gasteiger partial charge in [0.25, 0.3) is 0 Å². The smallest absolute Gasteiger partial charge is 0.223 e. The summed E-state index contributed by atoms with van der Waals surface area (Å²) in [6.45, 7) is 10.1. The van der Waals surface area contributed by atoms with Crippen LogP contribution in [0.3, 0.4) is 0 Å². The van der Waals surface area contributed by atoms with Crippen molar-refractivity contribution in [3.8, 4) is 0 Å². The molecule has 1 unspecified atom stereocenters. The van der Waals surface area contributed by atoms with Crippen molar-refractivity contribution in [1.82, 2.24) is 14.7 Å². The summed E-state index contributed by atoms with van der Waals surface area (Å²) >= 11 is 1.76. The maximum atomic E-state index is 14.0. The monoisotopic (exact) mass is 471 g/mol. The summed E-state index contributed by atoms with van der Waals surface area (Å²) in [7, 11) is 0. The molecule has 7 heteroatoms. The molecule has 0 spiro atoms. The number of amides is 2. The molecule has 33 heavy (non-hydrogen) atoms. The molecule has 5 nitrogen and oxygen atoms in total. The van der Waals surface area contributed by atoms with Crippen molar-refractivity contribution in [2.75, 3.05) is 39.3 Å². The van der Waals surface area contributed by atoms with E-state index in [4.69, 9.17) is 0 Å². The fourth-order valence-corrected chi connectivity index (χ4v) is 5.75. The van der Waals surface area contributed by atoms with Crippen LogP contribution in [0, 0.1) is 11.2 Å². The lowest BCUT2D eigenvalue weighted by Gasteiger charge is -2.38. The predicted molar refractivity (Wildman–Crippen MR) is 130 cm³/mol. The van der Waals surface area contributed by atoms with Gasteiger partial charge in [-0.15, -0.1) is 11.3 Å². The van der Waals surface area contributed by atoms with E-state index in [0.717, 1.165) is 18.5 Å². The van der Waals surface area contributed by atoms with Crippen LogP contribution in [0.15, 0.2) is 35.7 Å². The second-order valence-electron chi connectivity index (χ2n) is 10.3. The van der Waals surface area contributed by atoms with Crippen LogP contribution in [0.4, 0.5) is 4.39 Å². The van der Waals surface area contributed by atoms with Gasteiger partial charge in [-0.3, -0.25) is 14.5 Å². The van der Waals surface area contributed by atoms with Gasteiger partial charge in [-0.05, 0) is 46.5 Å². The van der Waals surface area contributed by atoms with Crippen molar-refractivity contribution >= 4 is 23.2 Å². The minimum atomic E-state index is -0.232. The highest BCUT2D eigenvalue weighted by Gasteiger charge is 2.31. The van der Waals surface area contributed by atoms with Gasteiger partial charge in [0.2, 0.25) is 11.8 Å². The molecule has 0 bridgehead atoms. The number of halogens is 1. The van der Waals surface area contributed by atoms with E-state index in [2.05, 4.69) is 37.1 Å². The van der Waals surface area contributed by atoms with Gasteiger partial charge in [-0.25, -0.2) is 4.39 Å². The van der Waals surface area contributed by atoms with Gasteiger partial charge in [0.1, 0.15) is 5.82 Å². The molecule has 2 aromatic rings. The SMILES string of the molecule is CC(C)(C)CC(=O)N1CCN(C(=O)CCN2CCc3sccc3C2c2cccc(F)c2)CC1. The molecule has 0 saturated carbocycles. The Morgan fingerprint density at radius 2 is 1.73 bits per heavy atom. The first-order valence-electron chi connectivity index (χ1n) is 11.8. The zero-order valence-corrected chi connectivity index (χ0v) is 20.7. The first kappa shape index (κ1) is 23.9. The van der Waals surface area contributed by atoms with Gasteiger partial charge in [0.05, 0.1) is 6.04 Å². The van der Waals surface area contributed by atoms with Gasteiger partial charge in [-0.2, -0.15) is 0 Å². The van der Waals surface area contributed by atoms with Gasteiger partial charge in [0, 0.05) is 57.0 Å². The minimum Gasteiger partial charge on any atom is -0.339 e. The van der Waals surface area contributed by atoms with Crippen molar-refractivity contribution in [1.29, 1.82) is 0 Å². The van der Waals surface area contributed by atoms with Gasteiger partial charge in [0.15, 0.2) is 0 Å². The molecule has 1 aromatic carbocycles. The highest BCUT2D eigenvalue weighted by Crippen LogP contribution is 2.38. The van der Waals surface area contributed by atoms with Crippen molar-refractivity contribution in [3.63, 3.8) is 0 Å². The van der Waals surface area contributed by atoms with E-state index in [0.29, 0.717) is 45.6 Å². The molecule has 0 aliphatic carbocycles. The molecule has 1 fully saturated rings. The fraction of sp³-hybridized carbons (Fsp3) is 0.538. The minimum absolute atomic E-state index is 0.0182. The third-order valence-electron chi connectivity index (χ3n) is 6.51. The highest BCUT2D eigenvalue weighted by atomic mass is 32.1. The Morgan fingerprint density at radius 3 is 2.39 bits per heavy atom. The van der Waals surface area contributed by atoms with Crippen molar-refractivity contribution in [2.45, 2.75) is 46.1 Å². The molecule has 178 valence electrons. The topological polar surface area (TPSA) is 43.9 Å². The second kappa shape index (κ2) is 9.94. The number of benzene rings is 1. The van der Waals surface area contributed by atoms with Gasteiger partial charge in [-0.1, -0.05) is 32.9 Å². The van der Waals surface area contributed by atoms with Crippen LogP contribution < -0.4 is 0 Å². The van der Waals surface area contributed by atoms with Crippen molar-refractivity contribution in [3.05, 3.63) is 57.5 Å². The molecule has 1 atom stereocenters. The summed E-state index contributed by atoms with van der Waals surface area (Å²) in [5, 5.41) is 2.10. The Labute approximate surface area is 200 Å². The van der Waals surface area contributed by atoms with Crippen LogP contribution >= 0.6 is 11.3 Å². The summed E-state index contributed by atoms with van der Waals surface area (Å²) in [6, 6.07) is 8.94. The maximum absolute atomic E-state index is 14.0. The Morgan fingerprint density at radius 1 is 1.03 bits per heavy atom. The number of nitrogens with zero attached hydrogens (tertiary/aromatic N) is 3. The molecule has 1 saturated heterocycles. The first-order chi connectivity index (χ1) is 15.7. The molecule has 0 N–H and O–H groups in total. The number of carbonyl (C=O) groups excluding carboxylic acids is 2. The van der Waals surface area contributed by atoms with Gasteiger partial charge < -0.3 is 9.80 Å². The molecule has 1 aromatic heterocycles. The van der Waals surface area contributed by atoms with E-state index in [1.165, 1.54) is 16.5 Å². The number of piperazine rings is 1. The summed E-state index contributed by atoms with van der Waals surface area (Å²) in [6.07, 6.45) is 1.92. The first-order valence-corrected chi connectivity index (χ1v) is 12.7. The van der Waals surface area contributed by atoms with Crippen LogP contribution in [0.5, 0.6) is 0 Å². The normalized spacial score (nSPS) is 19.5. The lowest BCUT2D eigenvalue weighted by Crippen LogP contribution is -2.51. The van der Waals surface area contributed by atoms with E-state index in [-0.39, 0.29) is 29.1 Å². The Balaban J connectivity index is 1.35. The van der Waals surface area contributed by atoms with E-state index in [9.17, 15) is 14.0 Å². The molecular weight excluding hydrogens is 437 g/mol. The molecule has 3 heterocycles. The quantitative estimate of drug-likeness (QED) is 0.652. The number of carbonyl (C=O) groups is 2. The number of hydrogen-bond acceptors (Lipinski definition) is 4. The molecule has 4 rings (SSSR count). The van der Waals surface area contributed by atoms with Crippen molar-refractivity contribution in [2.24, 2.45) is 5.41 Å². The van der Waals surface area contributed by atoms with E-state index in [1.807, 2.05) is 15.9 Å². The van der Waals surface area contributed by atoms with Crippen LogP contribution in [0.1, 0.15) is 55.7 Å². The van der Waals surface area contributed by atoms with Gasteiger partial charge >= 0.3 is 0 Å². The maximum Gasteiger partial charge on any atom is 0.223 e. The lowest BCUT2D eigenvalue weighted by molar-refractivity contribution is -0.140. The number of rotatable bonds is 5. The van der Waals surface area contributed by atoms with Crippen molar-refractivity contribution < 1.29 is 14.0 Å². The average Bonchev–Trinajstić information content (AvgIpc) is 3.25. The summed E-state index contributed by atoms with van der Waals surface area (Å²) in [4.78, 5) is 32.9.